The highest BCUT2D eigenvalue weighted by Gasteiger charge is 2.22. The molecule has 0 spiro atoms. The Bertz CT molecular complexity index is 830. The number of halogens is 1. The maximum atomic E-state index is 13.6. The van der Waals surface area contributed by atoms with E-state index in [9.17, 15) is 9.18 Å². The normalized spacial score (nSPS) is 19.3. The van der Waals surface area contributed by atoms with E-state index in [0.717, 1.165) is 12.0 Å². The number of hydrogen-bond acceptors (Lipinski definition) is 3. The lowest BCUT2D eigenvalue weighted by Crippen LogP contribution is -2.13. The first-order chi connectivity index (χ1) is 13.1. The Morgan fingerprint density at radius 2 is 1.85 bits per heavy atom. The average Bonchev–Trinajstić information content (AvgIpc) is 2.69. The third-order valence-corrected chi connectivity index (χ3v) is 5.43. The van der Waals surface area contributed by atoms with Gasteiger partial charge in [-0.25, -0.2) is 9.18 Å². The zero-order valence-electron chi connectivity index (χ0n) is 15.6. The van der Waals surface area contributed by atoms with Crippen molar-refractivity contribution in [3.8, 4) is 11.8 Å². The Morgan fingerprint density at radius 1 is 1.15 bits per heavy atom. The summed E-state index contributed by atoms with van der Waals surface area (Å²) in [6.45, 7) is 2.25. The van der Waals surface area contributed by atoms with E-state index in [4.69, 9.17) is 10.00 Å². The van der Waals surface area contributed by atoms with Gasteiger partial charge in [-0.2, -0.15) is 5.26 Å². The van der Waals surface area contributed by atoms with Crippen LogP contribution in [0, 0.1) is 23.1 Å². The van der Waals surface area contributed by atoms with Crippen molar-refractivity contribution in [3.63, 3.8) is 0 Å². The number of carbonyl (C=O) groups is 1. The third kappa shape index (κ3) is 4.74. The van der Waals surface area contributed by atoms with Gasteiger partial charge in [-0.15, -0.1) is 0 Å². The minimum absolute atomic E-state index is 0.0761. The highest BCUT2D eigenvalue weighted by molar-refractivity contribution is 5.91. The van der Waals surface area contributed by atoms with Crippen LogP contribution in [0.25, 0.3) is 0 Å². The second-order valence-corrected chi connectivity index (χ2v) is 7.27. The number of hydrogen-bond donors (Lipinski definition) is 0. The van der Waals surface area contributed by atoms with Gasteiger partial charge in [0.25, 0.3) is 0 Å². The summed E-state index contributed by atoms with van der Waals surface area (Å²) in [6, 6.07) is 13.1. The summed E-state index contributed by atoms with van der Waals surface area (Å²) in [5.41, 5.74) is 1.63. The Balaban J connectivity index is 1.61. The second kappa shape index (κ2) is 8.81. The lowest BCUT2D eigenvalue weighted by atomic mass is 9.77. The van der Waals surface area contributed by atoms with Crippen LogP contribution in [0.2, 0.25) is 0 Å². The molecule has 0 aliphatic heterocycles. The van der Waals surface area contributed by atoms with Gasteiger partial charge in [-0.3, -0.25) is 0 Å². The van der Waals surface area contributed by atoms with Crippen LogP contribution in [-0.2, 0) is 0 Å². The van der Waals surface area contributed by atoms with Gasteiger partial charge in [-0.1, -0.05) is 31.9 Å². The van der Waals surface area contributed by atoms with E-state index in [0.29, 0.717) is 11.5 Å². The van der Waals surface area contributed by atoms with E-state index >= 15 is 0 Å². The van der Waals surface area contributed by atoms with Crippen LogP contribution in [0.4, 0.5) is 4.39 Å². The van der Waals surface area contributed by atoms with Gasteiger partial charge < -0.3 is 4.74 Å². The first-order valence-electron chi connectivity index (χ1n) is 9.62. The van der Waals surface area contributed by atoms with Crippen molar-refractivity contribution < 1.29 is 13.9 Å². The van der Waals surface area contributed by atoms with Gasteiger partial charge >= 0.3 is 5.97 Å². The molecule has 0 aromatic heterocycles. The van der Waals surface area contributed by atoms with Gasteiger partial charge in [0, 0.05) is 6.07 Å². The molecule has 1 fully saturated rings. The maximum absolute atomic E-state index is 13.6. The number of carbonyl (C=O) groups excluding carboxylic acids is 1. The monoisotopic (exact) mass is 365 g/mol. The molecular formula is C23H24FNO2. The molecule has 0 radical (unpaired) electrons. The lowest BCUT2D eigenvalue weighted by molar-refractivity contribution is 0.0734. The molecule has 1 saturated carbocycles. The predicted molar refractivity (Wildman–Crippen MR) is 102 cm³/mol. The van der Waals surface area contributed by atoms with Gasteiger partial charge in [0.05, 0.1) is 11.1 Å². The highest BCUT2D eigenvalue weighted by Crippen LogP contribution is 2.37. The number of rotatable bonds is 5. The molecule has 0 atom stereocenters. The fourth-order valence-corrected chi connectivity index (χ4v) is 3.90. The molecule has 2 aromatic rings. The molecule has 2 aromatic carbocycles. The molecule has 0 unspecified atom stereocenters. The Morgan fingerprint density at radius 3 is 2.44 bits per heavy atom. The molecule has 4 heteroatoms. The molecule has 27 heavy (non-hydrogen) atoms. The number of nitrogens with zero attached hydrogens (tertiary/aromatic N) is 1. The van der Waals surface area contributed by atoms with E-state index in [1.54, 1.807) is 18.2 Å². The van der Waals surface area contributed by atoms with Gasteiger partial charge in [0.15, 0.2) is 0 Å². The largest absolute Gasteiger partial charge is 0.423 e. The van der Waals surface area contributed by atoms with Crippen molar-refractivity contribution in [2.75, 3.05) is 0 Å². The SMILES string of the molecule is CCC[C@H]1CC[C@H](c2ccc(C(=O)Oc3ccc(C#N)c(F)c3)cc2)CC1. The molecule has 0 N–H and O–H groups in total. The van der Waals surface area contributed by atoms with Gasteiger partial charge in [0.2, 0.25) is 0 Å². The molecule has 3 rings (SSSR count). The van der Waals surface area contributed by atoms with Crippen LogP contribution >= 0.6 is 0 Å². The summed E-state index contributed by atoms with van der Waals surface area (Å²) in [5, 5.41) is 8.75. The van der Waals surface area contributed by atoms with E-state index < -0.39 is 11.8 Å². The first kappa shape index (κ1) is 19.1. The standard InChI is InChI=1S/C23H24FNO2/c1-2-3-16-4-6-17(7-5-16)18-8-10-19(11-9-18)23(26)27-21-13-12-20(15-25)22(24)14-21/h8-14,16-17H,2-7H2,1H3/t16-,17-. The topological polar surface area (TPSA) is 50.1 Å². The lowest BCUT2D eigenvalue weighted by Gasteiger charge is -2.28. The molecular weight excluding hydrogens is 341 g/mol. The fraction of sp³-hybridized carbons (Fsp3) is 0.391. The Kier molecular flexibility index (Phi) is 6.24. The summed E-state index contributed by atoms with van der Waals surface area (Å²) in [6.07, 6.45) is 7.57. The zero-order chi connectivity index (χ0) is 19.2. The summed E-state index contributed by atoms with van der Waals surface area (Å²) in [7, 11) is 0. The van der Waals surface area contributed by atoms with Gasteiger partial charge in [-0.05, 0) is 67.3 Å². The van der Waals surface area contributed by atoms with Crippen molar-refractivity contribution in [2.45, 2.75) is 51.4 Å². The fourth-order valence-electron chi connectivity index (χ4n) is 3.90. The Labute approximate surface area is 159 Å². The number of ether oxygens (including phenoxy) is 1. The molecule has 1 aliphatic carbocycles. The van der Waals surface area contributed by atoms with Crippen molar-refractivity contribution in [1.29, 1.82) is 5.26 Å². The first-order valence-corrected chi connectivity index (χ1v) is 9.62. The van der Waals surface area contributed by atoms with Crippen LogP contribution < -0.4 is 4.74 Å². The molecule has 0 bridgehead atoms. The number of nitriles is 1. The molecule has 3 nitrogen and oxygen atoms in total. The molecule has 0 saturated heterocycles. The smallest absolute Gasteiger partial charge is 0.343 e. The van der Waals surface area contributed by atoms with E-state index in [1.807, 2.05) is 12.1 Å². The molecule has 1 aliphatic rings. The van der Waals surface area contributed by atoms with Crippen LogP contribution in [0.5, 0.6) is 5.75 Å². The Hall–Kier alpha value is -2.67. The zero-order valence-corrected chi connectivity index (χ0v) is 15.6. The molecule has 0 heterocycles. The van der Waals surface area contributed by atoms with E-state index in [1.165, 1.54) is 56.2 Å². The van der Waals surface area contributed by atoms with Crippen LogP contribution in [0.1, 0.15) is 72.9 Å². The molecule has 0 amide bonds. The second-order valence-electron chi connectivity index (χ2n) is 7.27. The summed E-state index contributed by atoms with van der Waals surface area (Å²) < 4.78 is 18.8. The summed E-state index contributed by atoms with van der Waals surface area (Å²) in [4.78, 5) is 12.3. The number of esters is 1. The van der Waals surface area contributed by atoms with Crippen molar-refractivity contribution >= 4 is 5.97 Å². The quantitative estimate of drug-likeness (QED) is 0.483. The predicted octanol–water partition coefficient (Wildman–Crippen LogP) is 5.99. The maximum Gasteiger partial charge on any atom is 0.343 e. The highest BCUT2D eigenvalue weighted by atomic mass is 19.1. The van der Waals surface area contributed by atoms with E-state index in [-0.39, 0.29) is 11.3 Å². The van der Waals surface area contributed by atoms with Crippen molar-refractivity contribution in [3.05, 3.63) is 65.0 Å². The van der Waals surface area contributed by atoms with E-state index in [2.05, 4.69) is 6.92 Å². The summed E-state index contributed by atoms with van der Waals surface area (Å²) in [5.74, 6) is 0.299. The third-order valence-electron chi connectivity index (χ3n) is 5.43. The summed E-state index contributed by atoms with van der Waals surface area (Å²) >= 11 is 0. The number of benzene rings is 2. The minimum atomic E-state index is -0.697. The minimum Gasteiger partial charge on any atom is -0.423 e. The van der Waals surface area contributed by atoms with Crippen molar-refractivity contribution in [2.24, 2.45) is 5.92 Å². The average molecular weight is 365 g/mol. The van der Waals surface area contributed by atoms with Crippen LogP contribution in [0.3, 0.4) is 0 Å². The molecule has 140 valence electrons. The van der Waals surface area contributed by atoms with Crippen LogP contribution in [0.15, 0.2) is 42.5 Å². The van der Waals surface area contributed by atoms with Crippen LogP contribution in [-0.4, -0.2) is 5.97 Å². The van der Waals surface area contributed by atoms with Gasteiger partial charge in [0.1, 0.15) is 17.6 Å². The van der Waals surface area contributed by atoms with Crippen molar-refractivity contribution in [1.82, 2.24) is 0 Å².